The van der Waals surface area contributed by atoms with Crippen molar-refractivity contribution in [3.05, 3.63) is 17.9 Å². The molecule has 0 saturated heterocycles. The van der Waals surface area contributed by atoms with Crippen LogP contribution in [0.4, 0.5) is 15.8 Å². The van der Waals surface area contributed by atoms with Gasteiger partial charge in [0.2, 0.25) is 0 Å². The van der Waals surface area contributed by atoms with Crippen LogP contribution in [0.3, 0.4) is 0 Å². The van der Waals surface area contributed by atoms with Gasteiger partial charge in [-0.15, -0.1) is 0 Å². The number of nitrogens with one attached hydrogen (secondary N) is 1. The third kappa shape index (κ3) is 2.51. The molecule has 100 valence electrons. The molecule has 1 fully saturated rings. The van der Waals surface area contributed by atoms with Crippen LogP contribution in [-0.2, 0) is 0 Å². The largest absolute Gasteiger partial charge is 0.495 e. The van der Waals surface area contributed by atoms with Crippen LogP contribution >= 0.6 is 11.8 Å². The van der Waals surface area contributed by atoms with Gasteiger partial charge in [0.05, 0.1) is 18.5 Å². The van der Waals surface area contributed by atoms with Gasteiger partial charge in [0.15, 0.2) is 0 Å². The van der Waals surface area contributed by atoms with E-state index in [0.29, 0.717) is 17.1 Å². The van der Waals surface area contributed by atoms with Crippen LogP contribution in [0, 0.1) is 5.82 Å². The summed E-state index contributed by atoms with van der Waals surface area (Å²) in [5.74, 6) is 0.176. The summed E-state index contributed by atoms with van der Waals surface area (Å²) < 4.78 is 19.1. The lowest BCUT2D eigenvalue weighted by molar-refractivity contribution is 0.379. The minimum absolute atomic E-state index is 0.265. The van der Waals surface area contributed by atoms with E-state index in [1.54, 1.807) is 6.07 Å². The molecule has 2 rings (SSSR count). The first kappa shape index (κ1) is 13.3. The van der Waals surface area contributed by atoms with Crippen LogP contribution in [0.2, 0.25) is 0 Å². The van der Waals surface area contributed by atoms with Crippen molar-refractivity contribution in [2.24, 2.45) is 0 Å². The summed E-state index contributed by atoms with van der Waals surface area (Å²) in [4.78, 5) is 0. The number of thioether (sulfide) groups is 1. The van der Waals surface area contributed by atoms with Gasteiger partial charge in [0, 0.05) is 23.4 Å². The molecule has 3 nitrogen and oxygen atoms in total. The number of anilines is 2. The second-order valence-corrected chi connectivity index (χ2v) is 5.94. The molecular formula is C13H19FN2OS. The van der Waals surface area contributed by atoms with E-state index >= 15 is 0 Å². The van der Waals surface area contributed by atoms with E-state index in [1.165, 1.54) is 32.4 Å². The number of ether oxygens (including phenoxy) is 1. The molecule has 1 aromatic rings. The van der Waals surface area contributed by atoms with Crippen LogP contribution in [0.5, 0.6) is 5.75 Å². The molecule has 0 bridgehead atoms. The predicted octanol–water partition coefficient (Wildman–Crippen LogP) is 3.11. The molecule has 0 unspecified atom stereocenters. The first-order valence-electron chi connectivity index (χ1n) is 6.02. The third-order valence-electron chi connectivity index (χ3n) is 3.62. The number of hydrogen-bond donors (Lipinski definition) is 2. The Kier molecular flexibility index (Phi) is 3.90. The number of halogens is 1. The number of nitrogen functional groups attached to an aromatic ring is 1. The first-order chi connectivity index (χ1) is 8.60. The maximum absolute atomic E-state index is 13.8. The fourth-order valence-electron chi connectivity index (χ4n) is 2.16. The highest BCUT2D eigenvalue weighted by Crippen LogP contribution is 2.43. The van der Waals surface area contributed by atoms with E-state index in [4.69, 9.17) is 10.5 Å². The van der Waals surface area contributed by atoms with Crippen molar-refractivity contribution in [1.82, 2.24) is 0 Å². The second kappa shape index (κ2) is 5.26. The number of benzene rings is 1. The molecule has 0 aliphatic heterocycles. The highest BCUT2D eigenvalue weighted by Gasteiger charge is 2.35. The van der Waals surface area contributed by atoms with E-state index in [1.807, 2.05) is 11.8 Å². The molecule has 0 spiro atoms. The lowest BCUT2D eigenvalue weighted by Gasteiger charge is -2.40. The summed E-state index contributed by atoms with van der Waals surface area (Å²) in [5, 5.41) is 3.18. The van der Waals surface area contributed by atoms with Crippen LogP contribution in [0.15, 0.2) is 12.1 Å². The summed E-state index contributed by atoms with van der Waals surface area (Å²) in [7, 11) is 1.53. The van der Waals surface area contributed by atoms with Crippen LogP contribution in [0.25, 0.3) is 0 Å². The average molecular weight is 270 g/mol. The standard InChI is InChI=1S/C13H19FN2OS/c1-17-12-7-11(9(14)6-10(12)15)16-8-13(18-2)4-3-5-13/h6-7,16H,3-5,8,15H2,1-2H3. The van der Waals surface area contributed by atoms with Crippen molar-refractivity contribution in [3.8, 4) is 5.75 Å². The SMILES string of the molecule is COc1cc(NCC2(SC)CCC2)c(F)cc1N. The van der Waals surface area contributed by atoms with Crippen LogP contribution in [-0.4, -0.2) is 24.7 Å². The minimum atomic E-state index is -0.330. The Labute approximate surface area is 111 Å². The summed E-state index contributed by atoms with van der Waals surface area (Å²) >= 11 is 1.86. The lowest BCUT2D eigenvalue weighted by atomic mass is 9.84. The summed E-state index contributed by atoms with van der Waals surface area (Å²) in [6.45, 7) is 0.776. The van der Waals surface area contributed by atoms with Gasteiger partial charge >= 0.3 is 0 Å². The molecule has 0 heterocycles. The van der Waals surface area contributed by atoms with Crippen molar-refractivity contribution in [2.75, 3.05) is 31.0 Å². The van der Waals surface area contributed by atoms with E-state index in [2.05, 4.69) is 11.6 Å². The van der Waals surface area contributed by atoms with Gasteiger partial charge in [0.1, 0.15) is 11.6 Å². The Morgan fingerprint density at radius 1 is 1.50 bits per heavy atom. The van der Waals surface area contributed by atoms with E-state index in [9.17, 15) is 4.39 Å². The molecule has 1 aromatic carbocycles. The Morgan fingerprint density at radius 2 is 2.22 bits per heavy atom. The van der Waals surface area contributed by atoms with Crippen LogP contribution in [0.1, 0.15) is 19.3 Å². The molecule has 3 N–H and O–H groups in total. The predicted molar refractivity (Wildman–Crippen MR) is 76.0 cm³/mol. The molecule has 1 aliphatic carbocycles. The average Bonchev–Trinajstić information content (AvgIpc) is 2.30. The maximum atomic E-state index is 13.8. The lowest BCUT2D eigenvalue weighted by Crippen LogP contribution is -2.40. The number of nitrogens with two attached hydrogens (primary N) is 1. The fourth-order valence-corrected chi connectivity index (χ4v) is 3.07. The van der Waals surface area contributed by atoms with Gasteiger partial charge in [0.25, 0.3) is 0 Å². The fraction of sp³-hybridized carbons (Fsp3) is 0.538. The monoisotopic (exact) mass is 270 g/mol. The minimum Gasteiger partial charge on any atom is -0.495 e. The Bertz CT molecular complexity index is 430. The van der Waals surface area contributed by atoms with E-state index < -0.39 is 0 Å². The Balaban J connectivity index is 2.09. The summed E-state index contributed by atoms with van der Waals surface area (Å²) in [6, 6.07) is 2.92. The van der Waals surface area contributed by atoms with Gasteiger partial charge in [-0.05, 0) is 19.1 Å². The van der Waals surface area contributed by atoms with Gasteiger partial charge in [-0.3, -0.25) is 0 Å². The molecule has 0 atom stereocenters. The van der Waals surface area contributed by atoms with E-state index in [0.717, 1.165) is 6.54 Å². The van der Waals surface area contributed by atoms with Crippen molar-refractivity contribution >= 4 is 23.1 Å². The summed E-state index contributed by atoms with van der Waals surface area (Å²) in [5.41, 5.74) is 6.43. The molecule has 18 heavy (non-hydrogen) atoms. The van der Waals surface area contributed by atoms with E-state index in [-0.39, 0.29) is 10.6 Å². The van der Waals surface area contributed by atoms with Crippen molar-refractivity contribution in [2.45, 2.75) is 24.0 Å². The molecule has 0 radical (unpaired) electrons. The van der Waals surface area contributed by atoms with Crippen molar-refractivity contribution < 1.29 is 9.13 Å². The normalized spacial score (nSPS) is 17.1. The zero-order valence-electron chi connectivity index (χ0n) is 10.8. The smallest absolute Gasteiger partial charge is 0.148 e. The molecule has 0 amide bonds. The summed E-state index contributed by atoms with van der Waals surface area (Å²) in [6.07, 6.45) is 5.75. The Hall–Kier alpha value is -1.10. The number of rotatable bonds is 5. The van der Waals surface area contributed by atoms with Gasteiger partial charge in [-0.25, -0.2) is 4.39 Å². The topological polar surface area (TPSA) is 47.3 Å². The molecular weight excluding hydrogens is 251 g/mol. The zero-order valence-corrected chi connectivity index (χ0v) is 11.6. The number of methoxy groups -OCH3 is 1. The third-order valence-corrected chi connectivity index (χ3v) is 5.04. The second-order valence-electron chi connectivity index (χ2n) is 4.67. The number of hydrogen-bond acceptors (Lipinski definition) is 4. The van der Waals surface area contributed by atoms with Crippen molar-refractivity contribution in [3.63, 3.8) is 0 Å². The van der Waals surface area contributed by atoms with Gasteiger partial charge in [-0.2, -0.15) is 11.8 Å². The van der Waals surface area contributed by atoms with Gasteiger partial charge in [-0.1, -0.05) is 6.42 Å². The van der Waals surface area contributed by atoms with Crippen LogP contribution < -0.4 is 15.8 Å². The molecule has 1 aliphatic rings. The molecule has 1 saturated carbocycles. The Morgan fingerprint density at radius 3 is 2.72 bits per heavy atom. The highest BCUT2D eigenvalue weighted by atomic mass is 32.2. The first-order valence-corrected chi connectivity index (χ1v) is 7.25. The quantitative estimate of drug-likeness (QED) is 0.807. The van der Waals surface area contributed by atoms with Gasteiger partial charge < -0.3 is 15.8 Å². The highest BCUT2D eigenvalue weighted by molar-refractivity contribution is 8.00. The molecule has 0 aromatic heterocycles. The maximum Gasteiger partial charge on any atom is 0.148 e. The van der Waals surface area contributed by atoms with Crippen molar-refractivity contribution in [1.29, 1.82) is 0 Å². The molecule has 5 heteroatoms. The zero-order chi connectivity index (χ0) is 13.2.